The number of ether oxygens (including phenoxy) is 1. The van der Waals surface area contributed by atoms with Gasteiger partial charge in [-0.2, -0.15) is 0 Å². The quantitative estimate of drug-likeness (QED) is 0.256. The van der Waals surface area contributed by atoms with Gasteiger partial charge in [-0.15, -0.1) is 11.3 Å². The molecule has 10 heteroatoms. The van der Waals surface area contributed by atoms with Crippen LogP contribution < -0.4 is 27.3 Å². The Bertz CT molecular complexity index is 1640. The number of thiophene rings is 1. The lowest BCUT2D eigenvalue weighted by Gasteiger charge is -2.37. The maximum absolute atomic E-state index is 14.1. The molecule has 3 aromatic carbocycles. The van der Waals surface area contributed by atoms with E-state index in [1.165, 1.54) is 11.3 Å². The number of likely N-dealkylation sites (N-methyl/N-ethyl adjacent to an activating group) is 1. The predicted octanol–water partition coefficient (Wildman–Crippen LogP) is 4.54. The molecule has 6 rings (SSSR count). The van der Waals surface area contributed by atoms with E-state index in [-0.39, 0.29) is 17.0 Å². The molecule has 2 aliphatic rings. The third kappa shape index (κ3) is 4.34. The van der Waals surface area contributed by atoms with E-state index >= 15 is 0 Å². The Hall–Kier alpha value is -3.47. The average molecular weight is 576 g/mol. The van der Waals surface area contributed by atoms with Gasteiger partial charge in [0.1, 0.15) is 17.0 Å². The molecular formula is C30H30ClN5O3S. The number of nitrogens with zero attached hydrogens (tertiary/aromatic N) is 1. The molecule has 1 saturated heterocycles. The van der Waals surface area contributed by atoms with E-state index in [9.17, 15) is 9.59 Å². The van der Waals surface area contributed by atoms with Crippen LogP contribution >= 0.6 is 22.9 Å². The number of rotatable bonds is 5. The molecule has 1 amide bonds. The van der Waals surface area contributed by atoms with Gasteiger partial charge in [0.05, 0.1) is 20.6 Å². The van der Waals surface area contributed by atoms with E-state index in [4.69, 9.17) is 33.5 Å². The Balaban J connectivity index is 1.43. The molecule has 2 heterocycles. The molecule has 1 fully saturated rings. The monoisotopic (exact) mass is 575 g/mol. The first-order valence-corrected chi connectivity index (χ1v) is 14.3. The average Bonchev–Trinajstić information content (AvgIpc) is 3.34. The van der Waals surface area contributed by atoms with Gasteiger partial charge >= 0.3 is 0 Å². The normalized spacial score (nSPS) is 22.9. The number of hydrogen-bond donors (Lipinski definition) is 4. The van der Waals surface area contributed by atoms with Crippen LogP contribution in [-0.2, 0) is 10.3 Å². The number of nitrogens with two attached hydrogens (primary N) is 3. The standard InChI is InChI=1S/C30H30ClN5O3S/c1-36-13-5-6-16(15-36)35-29(38)27-24-23-20(11-12-22(32)26(23)40-27)30(34,28(37)25(24)33)19-10-9-18(14-21(19)31)39-17-7-3-2-4-8-17/h2-4,7-12,14,16,25H,5-6,13,15,32-34H2,1H3,(H,35,38). The van der Waals surface area contributed by atoms with E-state index in [0.717, 1.165) is 25.9 Å². The first kappa shape index (κ1) is 26.7. The lowest BCUT2D eigenvalue weighted by Crippen LogP contribution is -2.53. The molecule has 0 radical (unpaired) electrons. The van der Waals surface area contributed by atoms with Crippen LogP contribution in [-0.4, -0.2) is 42.8 Å². The molecule has 0 saturated carbocycles. The van der Waals surface area contributed by atoms with Crippen molar-refractivity contribution in [2.45, 2.75) is 30.5 Å². The number of carbonyl (C=O) groups is 2. The van der Waals surface area contributed by atoms with Gasteiger partial charge in [-0.3, -0.25) is 9.59 Å². The van der Waals surface area contributed by atoms with E-state index in [2.05, 4.69) is 10.2 Å². The summed E-state index contributed by atoms with van der Waals surface area (Å²) in [4.78, 5) is 30.2. The van der Waals surface area contributed by atoms with Crippen LogP contribution in [0.15, 0.2) is 60.7 Å². The van der Waals surface area contributed by atoms with Crippen LogP contribution in [0.5, 0.6) is 11.5 Å². The van der Waals surface area contributed by atoms with Gasteiger partial charge in [-0.25, -0.2) is 0 Å². The Labute approximate surface area is 241 Å². The Kier molecular flexibility index (Phi) is 6.80. The molecule has 40 heavy (non-hydrogen) atoms. The highest BCUT2D eigenvalue weighted by Gasteiger charge is 2.49. The number of para-hydroxylation sites is 1. The molecule has 3 atom stereocenters. The highest BCUT2D eigenvalue weighted by atomic mass is 35.5. The number of likely N-dealkylation sites (tertiary alicyclic amines) is 1. The van der Waals surface area contributed by atoms with Crippen molar-refractivity contribution in [3.05, 3.63) is 87.3 Å². The van der Waals surface area contributed by atoms with Crippen LogP contribution in [0.3, 0.4) is 0 Å². The Morgan fingerprint density at radius 1 is 1.12 bits per heavy atom. The zero-order valence-electron chi connectivity index (χ0n) is 21.9. The minimum Gasteiger partial charge on any atom is -0.457 e. The smallest absolute Gasteiger partial charge is 0.262 e. The molecule has 4 aromatic rings. The third-order valence-corrected chi connectivity index (χ3v) is 9.39. The number of benzene rings is 3. The van der Waals surface area contributed by atoms with Gasteiger partial charge < -0.3 is 32.2 Å². The molecular weight excluding hydrogens is 546 g/mol. The van der Waals surface area contributed by atoms with E-state index in [0.29, 0.717) is 48.8 Å². The van der Waals surface area contributed by atoms with Gasteiger partial charge in [0.25, 0.3) is 5.91 Å². The molecule has 3 unspecified atom stereocenters. The van der Waals surface area contributed by atoms with Crippen molar-refractivity contribution in [1.29, 1.82) is 0 Å². The van der Waals surface area contributed by atoms with E-state index in [1.54, 1.807) is 30.3 Å². The van der Waals surface area contributed by atoms with Gasteiger partial charge in [0, 0.05) is 34.8 Å². The fraction of sp³-hybridized carbons (Fsp3) is 0.267. The summed E-state index contributed by atoms with van der Waals surface area (Å²) in [5.74, 6) is 0.449. The number of ketones is 1. The largest absolute Gasteiger partial charge is 0.457 e. The highest BCUT2D eigenvalue weighted by Crippen LogP contribution is 2.50. The first-order chi connectivity index (χ1) is 19.2. The molecule has 7 N–H and O–H groups in total. The summed E-state index contributed by atoms with van der Waals surface area (Å²) < 4.78 is 6.59. The maximum atomic E-state index is 14.1. The third-order valence-electron chi connectivity index (χ3n) is 7.82. The first-order valence-electron chi connectivity index (χ1n) is 13.1. The number of hydrogen-bond acceptors (Lipinski definition) is 8. The summed E-state index contributed by atoms with van der Waals surface area (Å²) in [6.07, 6.45) is 1.89. The molecule has 1 aliphatic heterocycles. The second-order valence-electron chi connectivity index (χ2n) is 10.5. The van der Waals surface area contributed by atoms with Gasteiger partial charge in [0.15, 0.2) is 5.78 Å². The fourth-order valence-electron chi connectivity index (χ4n) is 5.87. The Morgan fingerprint density at radius 3 is 2.60 bits per heavy atom. The topological polar surface area (TPSA) is 137 Å². The second kappa shape index (κ2) is 10.2. The molecule has 1 aromatic heterocycles. The summed E-state index contributed by atoms with van der Waals surface area (Å²) in [5.41, 5.74) is 20.2. The lowest BCUT2D eigenvalue weighted by molar-refractivity contribution is -0.124. The number of nitrogens with one attached hydrogen (secondary N) is 1. The number of amides is 1. The fourth-order valence-corrected chi connectivity index (χ4v) is 7.39. The van der Waals surface area contributed by atoms with Crippen molar-refractivity contribution in [2.75, 3.05) is 25.9 Å². The summed E-state index contributed by atoms with van der Waals surface area (Å²) in [6.45, 7) is 1.76. The summed E-state index contributed by atoms with van der Waals surface area (Å²) in [6, 6.07) is 16.7. The van der Waals surface area contributed by atoms with Crippen molar-refractivity contribution in [1.82, 2.24) is 10.2 Å². The van der Waals surface area contributed by atoms with Gasteiger partial charge in [-0.1, -0.05) is 41.9 Å². The van der Waals surface area contributed by atoms with Crippen LogP contribution in [0.2, 0.25) is 5.02 Å². The second-order valence-corrected chi connectivity index (χ2v) is 12.0. The highest BCUT2D eigenvalue weighted by molar-refractivity contribution is 7.21. The number of piperidine rings is 1. The zero-order valence-corrected chi connectivity index (χ0v) is 23.5. The molecule has 0 spiro atoms. The van der Waals surface area contributed by atoms with E-state index < -0.39 is 17.4 Å². The van der Waals surface area contributed by atoms with Crippen molar-refractivity contribution in [2.24, 2.45) is 11.5 Å². The molecule has 8 nitrogen and oxygen atoms in total. The molecule has 206 valence electrons. The zero-order chi connectivity index (χ0) is 28.2. The van der Waals surface area contributed by atoms with Crippen LogP contribution in [0.4, 0.5) is 5.69 Å². The SMILES string of the molecule is CN1CCCC(NC(=O)c2sc3c(N)ccc4c3c2C(N)C(=O)C4(N)c2ccc(Oc3ccccc3)cc2Cl)C1. The lowest BCUT2D eigenvalue weighted by atomic mass is 9.70. The van der Waals surface area contributed by atoms with Crippen molar-refractivity contribution < 1.29 is 14.3 Å². The Morgan fingerprint density at radius 2 is 1.88 bits per heavy atom. The molecule has 0 bridgehead atoms. The minimum atomic E-state index is -1.65. The maximum Gasteiger partial charge on any atom is 0.262 e. The van der Waals surface area contributed by atoms with E-state index in [1.807, 2.05) is 37.4 Å². The number of halogens is 1. The number of Topliss-reactive ketones (excluding diaryl/α,β-unsaturated/α-hetero) is 1. The number of carbonyl (C=O) groups excluding carboxylic acids is 2. The van der Waals surface area contributed by atoms with Gasteiger partial charge in [-0.05, 0) is 62.3 Å². The van der Waals surface area contributed by atoms with Crippen molar-refractivity contribution in [3.63, 3.8) is 0 Å². The summed E-state index contributed by atoms with van der Waals surface area (Å²) in [5, 5.41) is 4.05. The summed E-state index contributed by atoms with van der Waals surface area (Å²) >= 11 is 8.00. The van der Waals surface area contributed by atoms with Crippen molar-refractivity contribution in [3.8, 4) is 11.5 Å². The van der Waals surface area contributed by atoms with Crippen LogP contribution in [0, 0.1) is 0 Å². The van der Waals surface area contributed by atoms with Crippen molar-refractivity contribution >= 4 is 50.4 Å². The number of anilines is 1. The summed E-state index contributed by atoms with van der Waals surface area (Å²) in [7, 11) is 2.04. The predicted molar refractivity (Wildman–Crippen MR) is 159 cm³/mol. The minimum absolute atomic E-state index is 0.0139. The van der Waals surface area contributed by atoms with Gasteiger partial charge in [0.2, 0.25) is 0 Å². The molecule has 1 aliphatic carbocycles. The number of nitrogen functional groups attached to an aromatic ring is 1. The van der Waals surface area contributed by atoms with Crippen LogP contribution in [0.25, 0.3) is 10.1 Å². The van der Waals surface area contributed by atoms with Crippen LogP contribution in [0.1, 0.15) is 45.2 Å².